The molecule has 4 N–H and O–H groups in total. The van der Waals surface area contributed by atoms with E-state index < -0.39 is 0 Å². The van der Waals surface area contributed by atoms with E-state index in [1.54, 1.807) is 7.05 Å². The van der Waals surface area contributed by atoms with Crippen LogP contribution < -0.4 is 11.1 Å². The van der Waals surface area contributed by atoms with Gasteiger partial charge in [0.25, 0.3) is 0 Å². The van der Waals surface area contributed by atoms with E-state index in [4.69, 9.17) is 18.0 Å². The number of hydrogen-bond donors (Lipinski definition) is 3. The quantitative estimate of drug-likeness (QED) is 0.532. The highest BCUT2D eigenvalue weighted by molar-refractivity contribution is 7.71. The Morgan fingerprint density at radius 3 is 3.00 bits per heavy atom. The maximum atomic E-state index is 10.9. The molecule has 1 aromatic heterocycles. The first-order chi connectivity index (χ1) is 5.65. The van der Waals surface area contributed by atoms with Gasteiger partial charge in [-0.05, 0) is 12.2 Å². The number of nitrogens with two attached hydrogens (primary N) is 1. The summed E-state index contributed by atoms with van der Waals surface area (Å²) in [5.41, 5.74) is 5.42. The number of hydrogen-bond acceptors (Lipinski definition) is 4. The molecule has 0 spiro atoms. The number of carbonyl (C=O) groups is 1. The third-order valence-corrected chi connectivity index (χ3v) is 1.68. The van der Waals surface area contributed by atoms with Crippen LogP contribution in [0.5, 0.6) is 0 Å². The fourth-order valence-electron chi connectivity index (χ4n) is 0.705. The average molecular weight is 187 g/mol. The Kier molecular flexibility index (Phi) is 2.44. The molecule has 0 aliphatic rings. The van der Waals surface area contributed by atoms with Gasteiger partial charge in [-0.1, -0.05) is 0 Å². The predicted molar refractivity (Wildman–Crippen MR) is 45.9 cm³/mol. The van der Waals surface area contributed by atoms with Crippen LogP contribution in [0.2, 0.25) is 0 Å². The number of nitrogens with zero attached hydrogens (tertiary/aromatic N) is 2. The lowest BCUT2D eigenvalue weighted by Crippen LogP contribution is -2.24. The van der Waals surface area contributed by atoms with Gasteiger partial charge in [0.05, 0.1) is 0 Å². The molecule has 0 fully saturated rings. The molecule has 0 atom stereocenters. The first kappa shape index (κ1) is 8.72. The van der Waals surface area contributed by atoms with E-state index in [9.17, 15) is 4.79 Å². The van der Waals surface area contributed by atoms with Crippen molar-refractivity contribution in [3.8, 4) is 0 Å². The molecule has 1 heterocycles. The number of nitrogen functional groups attached to an aromatic ring is 1. The molecule has 1 amide bonds. The molecular weight excluding hydrogens is 178 g/mol. The molecule has 0 radical (unpaired) electrons. The summed E-state index contributed by atoms with van der Waals surface area (Å²) in [5.74, 6) is 0.0443. The van der Waals surface area contributed by atoms with Crippen LogP contribution in [-0.4, -0.2) is 27.7 Å². The van der Waals surface area contributed by atoms with Crippen molar-refractivity contribution in [2.24, 2.45) is 0 Å². The minimum atomic E-state index is -0.167. The van der Waals surface area contributed by atoms with Crippen molar-refractivity contribution in [3.05, 3.63) is 4.77 Å². The van der Waals surface area contributed by atoms with Crippen LogP contribution in [0.4, 0.5) is 5.95 Å². The molecule has 0 aliphatic carbocycles. The lowest BCUT2D eigenvalue weighted by atomic mass is 10.6. The van der Waals surface area contributed by atoms with Gasteiger partial charge in [-0.25, -0.2) is 5.10 Å². The fraction of sp³-hybridized carbons (Fsp3) is 0.400. The highest BCUT2D eigenvalue weighted by Gasteiger charge is 2.05. The molecule has 0 aromatic carbocycles. The number of carbonyl (C=O) groups excluding carboxylic acids is 1. The van der Waals surface area contributed by atoms with Crippen molar-refractivity contribution in [2.75, 3.05) is 12.8 Å². The molecule has 0 aliphatic heterocycles. The zero-order valence-electron chi connectivity index (χ0n) is 6.50. The number of amides is 1. The molecule has 0 saturated carbocycles. The Morgan fingerprint density at radius 1 is 1.92 bits per heavy atom. The number of aromatic nitrogens is 3. The Balaban J connectivity index is 2.88. The van der Waals surface area contributed by atoms with Crippen LogP contribution >= 0.6 is 12.2 Å². The number of anilines is 1. The minimum Gasteiger partial charge on any atom is -0.368 e. The summed E-state index contributed by atoms with van der Waals surface area (Å²) in [6.07, 6.45) is 0. The van der Waals surface area contributed by atoms with E-state index in [2.05, 4.69) is 15.5 Å². The third-order valence-electron chi connectivity index (χ3n) is 1.37. The van der Waals surface area contributed by atoms with Crippen molar-refractivity contribution in [1.82, 2.24) is 20.1 Å². The normalized spacial score (nSPS) is 9.75. The summed E-state index contributed by atoms with van der Waals surface area (Å²) in [6, 6.07) is 0. The minimum absolute atomic E-state index is 0.0949. The molecule has 1 rings (SSSR count). The van der Waals surface area contributed by atoms with E-state index in [0.29, 0.717) is 4.77 Å². The summed E-state index contributed by atoms with van der Waals surface area (Å²) >= 11 is 4.82. The number of H-pyrrole nitrogens is 1. The second-order valence-corrected chi connectivity index (χ2v) is 2.53. The SMILES string of the molecule is CNC(=O)Cn1c(N)n[nH]c1=S. The zero-order chi connectivity index (χ0) is 9.14. The smallest absolute Gasteiger partial charge is 0.239 e. The molecule has 66 valence electrons. The highest BCUT2D eigenvalue weighted by atomic mass is 32.1. The van der Waals surface area contributed by atoms with Gasteiger partial charge in [0.15, 0.2) is 4.77 Å². The molecule has 1 aromatic rings. The largest absolute Gasteiger partial charge is 0.368 e. The maximum absolute atomic E-state index is 10.9. The summed E-state index contributed by atoms with van der Waals surface area (Å²) in [4.78, 5) is 10.9. The van der Waals surface area contributed by atoms with Crippen molar-refractivity contribution in [1.29, 1.82) is 0 Å². The Hall–Kier alpha value is -1.37. The summed E-state index contributed by atoms with van der Waals surface area (Å²) in [6.45, 7) is 0.0949. The molecule has 6 nitrogen and oxygen atoms in total. The monoisotopic (exact) mass is 187 g/mol. The molecule has 0 bridgehead atoms. The maximum Gasteiger partial charge on any atom is 0.239 e. The van der Waals surface area contributed by atoms with Gasteiger partial charge in [-0.2, -0.15) is 0 Å². The van der Waals surface area contributed by atoms with Crippen LogP contribution in [0, 0.1) is 4.77 Å². The molecule has 0 saturated heterocycles. The summed E-state index contributed by atoms with van der Waals surface area (Å²) in [5, 5.41) is 8.58. The van der Waals surface area contributed by atoms with Crippen molar-refractivity contribution in [2.45, 2.75) is 6.54 Å². The number of aromatic amines is 1. The second kappa shape index (κ2) is 3.35. The predicted octanol–water partition coefficient (Wildman–Crippen LogP) is -0.731. The third kappa shape index (κ3) is 1.62. The second-order valence-electron chi connectivity index (χ2n) is 2.15. The molecule has 7 heteroatoms. The Morgan fingerprint density at radius 2 is 2.58 bits per heavy atom. The van der Waals surface area contributed by atoms with E-state index in [0.717, 1.165) is 0 Å². The molecule has 12 heavy (non-hydrogen) atoms. The first-order valence-corrected chi connectivity index (χ1v) is 3.67. The van der Waals surface area contributed by atoms with Crippen molar-refractivity contribution >= 4 is 24.1 Å². The van der Waals surface area contributed by atoms with E-state index in [1.165, 1.54) is 4.57 Å². The number of nitrogens with one attached hydrogen (secondary N) is 2. The molecular formula is C5H9N5OS. The highest BCUT2D eigenvalue weighted by Crippen LogP contribution is 1.97. The fourth-order valence-corrected chi connectivity index (χ4v) is 0.909. The van der Waals surface area contributed by atoms with Gasteiger partial charge in [0, 0.05) is 7.05 Å². The van der Waals surface area contributed by atoms with Crippen LogP contribution in [0.3, 0.4) is 0 Å². The van der Waals surface area contributed by atoms with Crippen LogP contribution in [0.25, 0.3) is 0 Å². The van der Waals surface area contributed by atoms with E-state index >= 15 is 0 Å². The zero-order valence-corrected chi connectivity index (χ0v) is 7.31. The van der Waals surface area contributed by atoms with Gasteiger partial charge in [0.2, 0.25) is 11.9 Å². The summed E-state index contributed by atoms with van der Waals surface area (Å²) < 4.78 is 1.75. The van der Waals surface area contributed by atoms with Gasteiger partial charge >= 0.3 is 0 Å². The van der Waals surface area contributed by atoms with Gasteiger partial charge in [-0.15, -0.1) is 5.10 Å². The lowest BCUT2D eigenvalue weighted by Gasteiger charge is -2.00. The van der Waals surface area contributed by atoms with Crippen LogP contribution in [0.15, 0.2) is 0 Å². The van der Waals surface area contributed by atoms with Crippen molar-refractivity contribution in [3.63, 3.8) is 0 Å². The topological polar surface area (TPSA) is 88.7 Å². The average Bonchev–Trinajstić information content (AvgIpc) is 2.35. The Labute approximate surface area is 73.8 Å². The van der Waals surface area contributed by atoms with Crippen molar-refractivity contribution < 1.29 is 4.79 Å². The summed E-state index contributed by atoms with van der Waals surface area (Å²) in [7, 11) is 1.54. The van der Waals surface area contributed by atoms with Gasteiger partial charge < -0.3 is 11.1 Å². The first-order valence-electron chi connectivity index (χ1n) is 3.26. The lowest BCUT2D eigenvalue weighted by molar-refractivity contribution is -0.121. The van der Waals surface area contributed by atoms with Crippen LogP contribution in [-0.2, 0) is 11.3 Å². The van der Waals surface area contributed by atoms with Gasteiger partial charge in [0.1, 0.15) is 6.54 Å². The van der Waals surface area contributed by atoms with Crippen LogP contribution in [0.1, 0.15) is 0 Å². The molecule has 0 unspecified atom stereocenters. The van der Waals surface area contributed by atoms with E-state index in [-0.39, 0.29) is 18.4 Å². The standard InChI is InChI=1S/C5H9N5OS/c1-7-3(11)2-10-4(6)8-9-5(10)12/h2H2,1H3,(H2,6,8)(H,7,11)(H,9,12). The van der Waals surface area contributed by atoms with Gasteiger partial charge in [-0.3, -0.25) is 9.36 Å². The van der Waals surface area contributed by atoms with E-state index in [1.807, 2.05) is 0 Å². The Bertz CT molecular complexity index is 340. The number of likely N-dealkylation sites (N-methyl/N-ethyl adjacent to an activating group) is 1. The number of rotatable bonds is 2.